The van der Waals surface area contributed by atoms with Crippen LogP contribution in [0.15, 0.2) is 47.4 Å². The smallest absolute Gasteiger partial charge is 0.343 e. The predicted octanol–water partition coefficient (Wildman–Crippen LogP) is 4.33. The van der Waals surface area contributed by atoms with Crippen LogP contribution in [0.1, 0.15) is 60.7 Å². The summed E-state index contributed by atoms with van der Waals surface area (Å²) in [6.07, 6.45) is 5.73. The molecule has 0 bridgehead atoms. The molecule has 1 aliphatic heterocycles. The SMILES string of the molecule is CCN(CC)S(=O)(=O)c1ccc(C(=O)Oc2ccc(/C=C(/C#N)c3nnc4n3CCCCC4)cc2OC)cc1. The van der Waals surface area contributed by atoms with E-state index in [1.807, 2.05) is 4.57 Å². The first kappa shape index (κ1) is 28.0. The molecule has 0 spiro atoms. The fourth-order valence-corrected chi connectivity index (χ4v) is 5.95. The second kappa shape index (κ2) is 12.2. The lowest BCUT2D eigenvalue weighted by molar-refractivity contribution is 0.0729. The number of allylic oxidation sites excluding steroid dienone is 1. The van der Waals surface area contributed by atoms with Gasteiger partial charge in [-0.15, -0.1) is 10.2 Å². The van der Waals surface area contributed by atoms with Crippen molar-refractivity contribution in [1.82, 2.24) is 19.1 Å². The number of nitrogens with zero attached hydrogens (tertiary/aromatic N) is 5. The van der Waals surface area contributed by atoms with E-state index in [-0.39, 0.29) is 16.2 Å². The lowest BCUT2D eigenvalue weighted by Gasteiger charge is -2.18. The summed E-state index contributed by atoms with van der Waals surface area (Å²) in [5.41, 5.74) is 1.24. The monoisotopic (exact) mass is 549 g/mol. The number of hydrogen-bond donors (Lipinski definition) is 0. The van der Waals surface area contributed by atoms with Gasteiger partial charge in [-0.1, -0.05) is 26.3 Å². The zero-order valence-corrected chi connectivity index (χ0v) is 23.1. The number of fused-ring (bicyclic) bond motifs is 1. The van der Waals surface area contributed by atoms with Gasteiger partial charge in [0, 0.05) is 26.1 Å². The van der Waals surface area contributed by atoms with Crippen molar-refractivity contribution in [2.75, 3.05) is 20.2 Å². The Morgan fingerprint density at radius 3 is 2.49 bits per heavy atom. The molecule has 0 radical (unpaired) electrons. The van der Waals surface area contributed by atoms with Gasteiger partial charge in [0.1, 0.15) is 11.9 Å². The summed E-state index contributed by atoms with van der Waals surface area (Å²) in [5.74, 6) is 1.26. The van der Waals surface area contributed by atoms with E-state index in [0.29, 0.717) is 35.8 Å². The Bertz CT molecular complexity index is 1520. The Morgan fingerprint density at radius 1 is 1.08 bits per heavy atom. The van der Waals surface area contributed by atoms with Crippen molar-refractivity contribution >= 4 is 27.6 Å². The first-order chi connectivity index (χ1) is 18.8. The van der Waals surface area contributed by atoms with Crippen molar-refractivity contribution in [1.29, 1.82) is 5.26 Å². The molecule has 2 heterocycles. The molecule has 204 valence electrons. The molecule has 0 atom stereocenters. The van der Waals surface area contributed by atoms with E-state index in [4.69, 9.17) is 9.47 Å². The van der Waals surface area contributed by atoms with Crippen LogP contribution in [0.3, 0.4) is 0 Å². The predicted molar refractivity (Wildman–Crippen MR) is 146 cm³/mol. The molecular formula is C28H31N5O5S. The average Bonchev–Trinajstić information content (AvgIpc) is 3.20. The Balaban J connectivity index is 1.54. The third-order valence-electron chi connectivity index (χ3n) is 6.61. The molecule has 2 aromatic carbocycles. The van der Waals surface area contributed by atoms with Crippen LogP contribution in [-0.4, -0.2) is 53.7 Å². The third-order valence-corrected chi connectivity index (χ3v) is 8.67. The molecule has 0 N–H and O–H groups in total. The van der Waals surface area contributed by atoms with Crippen LogP contribution in [-0.2, 0) is 23.0 Å². The highest BCUT2D eigenvalue weighted by atomic mass is 32.2. The third kappa shape index (κ3) is 6.02. The second-order valence-electron chi connectivity index (χ2n) is 8.99. The number of carbonyl (C=O) groups is 1. The van der Waals surface area contributed by atoms with Crippen LogP contribution in [0, 0.1) is 11.3 Å². The van der Waals surface area contributed by atoms with Crippen molar-refractivity contribution < 1.29 is 22.7 Å². The zero-order chi connectivity index (χ0) is 28.0. The molecule has 0 aliphatic carbocycles. The highest BCUT2D eigenvalue weighted by molar-refractivity contribution is 7.89. The van der Waals surface area contributed by atoms with E-state index in [9.17, 15) is 18.5 Å². The molecule has 1 aliphatic rings. The molecule has 39 heavy (non-hydrogen) atoms. The van der Waals surface area contributed by atoms with Crippen molar-refractivity contribution in [3.05, 3.63) is 65.2 Å². The number of benzene rings is 2. The van der Waals surface area contributed by atoms with E-state index in [0.717, 1.165) is 38.1 Å². The Labute approximate surface area is 228 Å². The van der Waals surface area contributed by atoms with Gasteiger partial charge in [-0.2, -0.15) is 9.57 Å². The molecule has 10 nitrogen and oxygen atoms in total. The van der Waals surface area contributed by atoms with Crippen molar-refractivity contribution in [2.24, 2.45) is 0 Å². The van der Waals surface area contributed by atoms with Gasteiger partial charge in [-0.25, -0.2) is 13.2 Å². The van der Waals surface area contributed by atoms with E-state index < -0.39 is 16.0 Å². The minimum atomic E-state index is -3.63. The van der Waals surface area contributed by atoms with Crippen LogP contribution in [0.25, 0.3) is 11.6 Å². The van der Waals surface area contributed by atoms with E-state index in [2.05, 4.69) is 16.3 Å². The molecule has 3 aromatic rings. The standard InChI is InChI=1S/C28H31N5O5S/c1-4-32(5-2)39(35,36)23-13-11-21(12-14-23)28(34)38-24-15-10-20(18-25(24)37-3)17-22(19-29)27-31-30-26-9-7-6-8-16-33(26)27/h10-15,17-18H,4-9,16H2,1-3H3/b22-17-. The van der Waals surface area contributed by atoms with Gasteiger partial charge in [0.05, 0.1) is 23.1 Å². The van der Waals surface area contributed by atoms with Gasteiger partial charge >= 0.3 is 5.97 Å². The average molecular weight is 550 g/mol. The quantitative estimate of drug-likeness (QED) is 0.219. The minimum Gasteiger partial charge on any atom is -0.493 e. The van der Waals surface area contributed by atoms with Crippen LogP contribution in [0.2, 0.25) is 0 Å². The molecule has 4 rings (SSSR count). The molecule has 0 saturated heterocycles. The van der Waals surface area contributed by atoms with E-state index in [1.54, 1.807) is 38.1 Å². The maximum absolute atomic E-state index is 12.8. The van der Waals surface area contributed by atoms with Gasteiger partial charge < -0.3 is 14.0 Å². The molecule has 1 aromatic heterocycles. The summed E-state index contributed by atoms with van der Waals surface area (Å²) >= 11 is 0. The fourth-order valence-electron chi connectivity index (χ4n) is 4.49. The number of aryl methyl sites for hydroxylation is 1. The van der Waals surface area contributed by atoms with Crippen molar-refractivity contribution in [3.63, 3.8) is 0 Å². The summed E-state index contributed by atoms with van der Waals surface area (Å²) in [7, 11) is -2.18. The number of sulfonamides is 1. The number of ether oxygens (including phenoxy) is 2. The van der Waals surface area contributed by atoms with E-state index >= 15 is 0 Å². The largest absolute Gasteiger partial charge is 0.493 e. The summed E-state index contributed by atoms with van der Waals surface area (Å²) in [6.45, 7) is 5.02. The van der Waals surface area contributed by atoms with Gasteiger partial charge in [-0.05, 0) is 60.9 Å². The number of carbonyl (C=O) groups excluding carboxylic acids is 1. The lowest BCUT2D eigenvalue weighted by Crippen LogP contribution is -2.30. The van der Waals surface area contributed by atoms with Gasteiger partial charge in [0.15, 0.2) is 17.3 Å². The van der Waals surface area contributed by atoms with Crippen LogP contribution >= 0.6 is 0 Å². The topological polar surface area (TPSA) is 127 Å². The Morgan fingerprint density at radius 2 is 1.82 bits per heavy atom. The van der Waals surface area contributed by atoms with Crippen molar-refractivity contribution in [2.45, 2.75) is 51.0 Å². The summed E-state index contributed by atoms with van der Waals surface area (Å²) in [4.78, 5) is 12.9. The highest BCUT2D eigenvalue weighted by Gasteiger charge is 2.22. The van der Waals surface area contributed by atoms with Crippen molar-refractivity contribution in [3.8, 4) is 17.6 Å². The fraction of sp³-hybridized carbons (Fsp3) is 0.357. The maximum Gasteiger partial charge on any atom is 0.343 e. The molecule has 11 heteroatoms. The summed E-state index contributed by atoms with van der Waals surface area (Å²) in [5, 5.41) is 18.4. The number of rotatable bonds is 9. The maximum atomic E-state index is 12.8. The first-order valence-electron chi connectivity index (χ1n) is 12.9. The molecule has 0 saturated carbocycles. The van der Waals surface area contributed by atoms with E-state index in [1.165, 1.54) is 35.7 Å². The Hall–Kier alpha value is -4.01. The number of nitriles is 1. The molecule has 0 fully saturated rings. The lowest BCUT2D eigenvalue weighted by atomic mass is 10.1. The second-order valence-corrected chi connectivity index (χ2v) is 10.9. The van der Waals surface area contributed by atoms with Crippen LogP contribution in [0.5, 0.6) is 11.5 Å². The number of hydrogen-bond acceptors (Lipinski definition) is 8. The van der Waals surface area contributed by atoms with Gasteiger partial charge in [0.25, 0.3) is 0 Å². The summed E-state index contributed by atoms with van der Waals surface area (Å²) in [6, 6.07) is 12.8. The number of aromatic nitrogens is 3. The van der Waals surface area contributed by atoms with Crippen LogP contribution in [0.4, 0.5) is 0 Å². The molecular weight excluding hydrogens is 518 g/mol. The Kier molecular flexibility index (Phi) is 8.79. The van der Waals surface area contributed by atoms with Gasteiger partial charge in [0.2, 0.25) is 10.0 Å². The van der Waals surface area contributed by atoms with Crippen LogP contribution < -0.4 is 9.47 Å². The normalized spacial score (nSPS) is 13.9. The minimum absolute atomic E-state index is 0.106. The first-order valence-corrected chi connectivity index (χ1v) is 14.3. The summed E-state index contributed by atoms with van der Waals surface area (Å²) < 4.78 is 39.7. The molecule has 0 unspecified atom stereocenters. The van der Waals surface area contributed by atoms with Gasteiger partial charge in [-0.3, -0.25) is 0 Å². The number of methoxy groups -OCH3 is 1. The highest BCUT2D eigenvalue weighted by Crippen LogP contribution is 2.31. The molecule has 0 amide bonds. The zero-order valence-electron chi connectivity index (χ0n) is 22.3. The number of esters is 1.